The van der Waals surface area contributed by atoms with Gasteiger partial charge in [0, 0.05) is 17.1 Å². The first-order valence-corrected chi connectivity index (χ1v) is 7.44. The van der Waals surface area contributed by atoms with Gasteiger partial charge in [-0.25, -0.2) is 9.07 Å². The van der Waals surface area contributed by atoms with Crippen molar-refractivity contribution in [2.45, 2.75) is 0 Å². The number of benzene rings is 3. The molecule has 5 heteroatoms. The van der Waals surface area contributed by atoms with Crippen LogP contribution in [0.1, 0.15) is 0 Å². The average molecular weight is 319 g/mol. The Balaban J connectivity index is 1.75. The van der Waals surface area contributed by atoms with Crippen LogP contribution in [-0.2, 0) is 0 Å². The predicted molar refractivity (Wildman–Crippen MR) is 92.5 cm³/mol. The lowest BCUT2D eigenvalue weighted by atomic mass is 10.1. The van der Waals surface area contributed by atoms with Crippen LogP contribution in [0, 0.1) is 5.82 Å². The third-order valence-corrected chi connectivity index (χ3v) is 3.99. The first-order chi connectivity index (χ1) is 11.6. The molecule has 0 aliphatic carbocycles. The minimum Gasteiger partial charge on any atom is -0.505 e. The van der Waals surface area contributed by atoms with E-state index in [4.69, 9.17) is 5.73 Å². The molecule has 0 unspecified atom stereocenters. The zero-order valence-electron chi connectivity index (χ0n) is 12.6. The number of fused-ring (bicyclic) bond motifs is 1. The highest BCUT2D eigenvalue weighted by molar-refractivity contribution is 5.82. The largest absolute Gasteiger partial charge is 0.505 e. The van der Waals surface area contributed by atoms with Crippen molar-refractivity contribution in [1.82, 2.24) is 9.78 Å². The number of nitrogens with two attached hydrogens (primary N) is 1. The van der Waals surface area contributed by atoms with E-state index in [0.29, 0.717) is 10.9 Å². The number of nitrogens with zero attached hydrogens (tertiary/aromatic N) is 2. The van der Waals surface area contributed by atoms with Crippen LogP contribution in [0.15, 0.2) is 66.9 Å². The molecule has 0 bridgehead atoms. The molecule has 3 aromatic carbocycles. The van der Waals surface area contributed by atoms with Gasteiger partial charge in [0.15, 0.2) is 11.6 Å². The number of aromatic hydroxyl groups is 1. The van der Waals surface area contributed by atoms with Gasteiger partial charge in [0.25, 0.3) is 0 Å². The first kappa shape index (κ1) is 14.3. The molecule has 0 aliphatic heterocycles. The molecular formula is C19H14FN3O. The highest BCUT2D eigenvalue weighted by Crippen LogP contribution is 2.27. The molecule has 0 fully saturated rings. The van der Waals surface area contributed by atoms with Gasteiger partial charge in [-0.15, -0.1) is 0 Å². The molecule has 3 N–H and O–H groups in total. The summed E-state index contributed by atoms with van der Waals surface area (Å²) < 4.78 is 15.1. The Labute approximate surface area is 137 Å². The number of nitrogen functional groups attached to an aromatic ring is 1. The van der Waals surface area contributed by atoms with Crippen molar-refractivity contribution in [3.05, 3.63) is 72.7 Å². The standard InChI is InChI=1S/C19H14FN3O/c20-17-9-14-11-22-23(18(14)10-19(17)24)16-7-3-13(4-8-16)12-1-5-15(21)6-2-12/h1-11,24H,21H2. The number of rotatable bonds is 2. The number of anilines is 1. The second-order valence-electron chi connectivity index (χ2n) is 5.59. The van der Waals surface area contributed by atoms with Crippen molar-refractivity contribution in [3.63, 3.8) is 0 Å². The van der Waals surface area contributed by atoms with Crippen LogP contribution in [0.2, 0.25) is 0 Å². The molecule has 0 spiro atoms. The number of aromatic nitrogens is 2. The monoisotopic (exact) mass is 319 g/mol. The molecule has 0 saturated carbocycles. The summed E-state index contributed by atoms with van der Waals surface area (Å²) in [4.78, 5) is 0. The van der Waals surface area contributed by atoms with E-state index in [2.05, 4.69) is 5.10 Å². The molecule has 24 heavy (non-hydrogen) atoms. The van der Waals surface area contributed by atoms with E-state index in [9.17, 15) is 9.50 Å². The normalized spacial score (nSPS) is 11.0. The highest BCUT2D eigenvalue weighted by atomic mass is 19.1. The second kappa shape index (κ2) is 5.38. The van der Waals surface area contributed by atoms with Crippen LogP contribution in [0.4, 0.5) is 10.1 Å². The number of phenolic OH excluding ortho intramolecular Hbond substituents is 1. The second-order valence-corrected chi connectivity index (χ2v) is 5.59. The maximum atomic E-state index is 13.4. The predicted octanol–water partition coefficient (Wildman–Crippen LogP) is 4.12. The lowest BCUT2D eigenvalue weighted by Crippen LogP contribution is -1.96. The topological polar surface area (TPSA) is 64.1 Å². The van der Waals surface area contributed by atoms with Gasteiger partial charge in [-0.3, -0.25) is 0 Å². The Kier molecular flexibility index (Phi) is 3.20. The fourth-order valence-corrected chi connectivity index (χ4v) is 2.71. The first-order valence-electron chi connectivity index (χ1n) is 7.44. The van der Waals surface area contributed by atoms with Crippen LogP contribution in [0.3, 0.4) is 0 Å². The summed E-state index contributed by atoms with van der Waals surface area (Å²) in [5.74, 6) is -1.04. The molecule has 0 saturated heterocycles. The Morgan fingerprint density at radius 1 is 0.917 bits per heavy atom. The van der Waals surface area contributed by atoms with Gasteiger partial charge in [0.05, 0.1) is 17.4 Å². The molecule has 1 heterocycles. The Bertz CT molecular complexity index is 1020. The van der Waals surface area contributed by atoms with Gasteiger partial charge >= 0.3 is 0 Å². The number of halogens is 1. The fraction of sp³-hybridized carbons (Fsp3) is 0. The van der Waals surface area contributed by atoms with E-state index < -0.39 is 5.82 Å². The van der Waals surface area contributed by atoms with Crippen molar-refractivity contribution in [2.24, 2.45) is 0 Å². The van der Waals surface area contributed by atoms with Gasteiger partial charge in [-0.05, 0) is 41.5 Å². The van der Waals surface area contributed by atoms with Crippen LogP contribution in [0.5, 0.6) is 5.75 Å². The summed E-state index contributed by atoms with van der Waals surface area (Å²) in [6.45, 7) is 0. The van der Waals surface area contributed by atoms with Gasteiger partial charge in [-0.1, -0.05) is 24.3 Å². The molecule has 4 aromatic rings. The number of hydrogen-bond acceptors (Lipinski definition) is 3. The van der Waals surface area contributed by atoms with E-state index in [1.807, 2.05) is 48.5 Å². The van der Waals surface area contributed by atoms with Gasteiger partial charge in [0.1, 0.15) is 0 Å². The minimum absolute atomic E-state index is 0.386. The summed E-state index contributed by atoms with van der Waals surface area (Å²) in [6.07, 6.45) is 1.58. The van der Waals surface area contributed by atoms with Gasteiger partial charge < -0.3 is 10.8 Å². The smallest absolute Gasteiger partial charge is 0.165 e. The van der Waals surface area contributed by atoms with Crippen LogP contribution in [0.25, 0.3) is 27.7 Å². The van der Waals surface area contributed by atoms with Crippen LogP contribution >= 0.6 is 0 Å². The molecule has 118 valence electrons. The third-order valence-electron chi connectivity index (χ3n) is 3.99. The highest BCUT2D eigenvalue weighted by Gasteiger charge is 2.10. The van der Waals surface area contributed by atoms with Crippen molar-refractivity contribution in [3.8, 4) is 22.6 Å². The summed E-state index contributed by atoms with van der Waals surface area (Å²) in [5, 5.41) is 14.5. The zero-order valence-corrected chi connectivity index (χ0v) is 12.6. The van der Waals surface area contributed by atoms with Crippen LogP contribution in [-0.4, -0.2) is 14.9 Å². The molecular weight excluding hydrogens is 305 g/mol. The van der Waals surface area contributed by atoms with Crippen molar-refractivity contribution in [2.75, 3.05) is 5.73 Å². The molecule has 0 aliphatic rings. The van der Waals surface area contributed by atoms with E-state index in [1.54, 1.807) is 10.9 Å². The lowest BCUT2D eigenvalue weighted by molar-refractivity contribution is 0.433. The van der Waals surface area contributed by atoms with Crippen molar-refractivity contribution >= 4 is 16.6 Å². The number of hydrogen-bond donors (Lipinski definition) is 2. The summed E-state index contributed by atoms with van der Waals surface area (Å²) in [6, 6.07) is 18.1. The van der Waals surface area contributed by atoms with E-state index in [1.165, 1.54) is 12.1 Å². The number of phenols is 1. The molecule has 4 rings (SSSR count). The maximum absolute atomic E-state index is 13.4. The van der Waals surface area contributed by atoms with Crippen molar-refractivity contribution < 1.29 is 9.50 Å². The van der Waals surface area contributed by atoms with Crippen molar-refractivity contribution in [1.29, 1.82) is 0 Å². The van der Waals surface area contributed by atoms with E-state index >= 15 is 0 Å². The Hall–Kier alpha value is -3.34. The Morgan fingerprint density at radius 2 is 1.54 bits per heavy atom. The van der Waals surface area contributed by atoms with Gasteiger partial charge in [-0.2, -0.15) is 5.10 Å². The summed E-state index contributed by atoms with van der Waals surface area (Å²) >= 11 is 0. The molecule has 0 radical (unpaired) electrons. The molecule has 4 nitrogen and oxygen atoms in total. The van der Waals surface area contributed by atoms with Crippen LogP contribution < -0.4 is 5.73 Å². The van der Waals surface area contributed by atoms with E-state index in [0.717, 1.165) is 22.5 Å². The zero-order chi connectivity index (χ0) is 16.7. The SMILES string of the molecule is Nc1ccc(-c2ccc(-n3ncc4cc(F)c(O)cc43)cc2)cc1. The Morgan fingerprint density at radius 3 is 2.21 bits per heavy atom. The average Bonchev–Trinajstić information content (AvgIpc) is 2.99. The molecule has 0 amide bonds. The quantitative estimate of drug-likeness (QED) is 0.546. The molecule has 1 aromatic heterocycles. The minimum atomic E-state index is -0.652. The maximum Gasteiger partial charge on any atom is 0.165 e. The lowest BCUT2D eigenvalue weighted by Gasteiger charge is -2.07. The van der Waals surface area contributed by atoms with E-state index in [-0.39, 0.29) is 5.75 Å². The summed E-state index contributed by atoms with van der Waals surface area (Å²) in [5.41, 5.74) is 10.0. The van der Waals surface area contributed by atoms with Gasteiger partial charge in [0.2, 0.25) is 0 Å². The summed E-state index contributed by atoms with van der Waals surface area (Å²) in [7, 11) is 0. The fourth-order valence-electron chi connectivity index (χ4n) is 2.71. The molecule has 0 atom stereocenters. The third kappa shape index (κ3) is 2.36.